The standard InChI is InChI=1S/C20H29N3O9P2.2C19H24ClN3O4.CH2Cl4O2P2/c1-23(13-4-2-3-5-13)20-14-7-6-12(8-15(14)21-10-22-20)19-18(25)17(24)16(32-19)9-31-34(29,30)11-33(26,27)28;2*1-23(11-4-2-3-5-11)18-12-7-6-10(8-13(12)21-19(20)22-18)17-16(26)15(25)14(9-24)27-17;2-8(3,6)1-9(4,5)7/h6-8,10,13,16-19,24-25H,2-5,9,11H2,1H3,(H,29,30)(H2,26,27,28);2*6-8,11,14-17,24-26H,2-5,9H2,1H3;1H2/t16-,17-,18-,19+;2*14-,15-,16-,17+;/m111./s1. The monoisotopic (exact) mass is 1550 g/mol. The number of rotatable bonds is 18. The summed E-state index contributed by atoms with van der Waals surface area (Å²) in [5, 5.41) is 82.9. The molecule has 3 aliphatic carbocycles. The molecule has 0 bridgehead atoms. The zero-order valence-corrected chi connectivity index (χ0v) is 60.8. The third-order valence-corrected chi connectivity index (χ3v) is 28.4. The molecule has 0 radical (unpaired) electrons. The molecule has 13 atom stereocenters. The summed E-state index contributed by atoms with van der Waals surface area (Å²) in [7, 11) is -3.31. The van der Waals surface area contributed by atoms with Gasteiger partial charge < -0.3 is 89.0 Å². The summed E-state index contributed by atoms with van der Waals surface area (Å²) in [5.74, 6) is -6.22. The van der Waals surface area contributed by atoms with Gasteiger partial charge in [-0.3, -0.25) is 18.3 Å². The van der Waals surface area contributed by atoms with Gasteiger partial charge in [-0.15, -0.1) is 0 Å². The van der Waals surface area contributed by atoms with E-state index >= 15 is 0 Å². The Bertz CT molecular complexity index is 3740. The first-order chi connectivity index (χ1) is 45.6. The largest absolute Gasteiger partial charge is 0.394 e. The first kappa shape index (κ1) is 78.3. The Morgan fingerprint density at radius 2 is 0.814 bits per heavy atom. The van der Waals surface area contributed by atoms with Crippen LogP contribution in [0.25, 0.3) is 32.7 Å². The highest BCUT2D eigenvalue weighted by atomic mass is 35.9. The third-order valence-electron chi connectivity index (χ3n) is 18.2. The molecule has 28 nitrogen and oxygen atoms in total. The molecule has 6 fully saturated rings. The highest BCUT2D eigenvalue weighted by molar-refractivity contribution is 8.21. The van der Waals surface area contributed by atoms with Gasteiger partial charge in [0.1, 0.15) is 103 Å². The zero-order chi connectivity index (χ0) is 70.6. The summed E-state index contributed by atoms with van der Waals surface area (Å²) in [5.41, 5.74) is 3.84. The number of anilines is 3. The minimum atomic E-state index is -4.78. The summed E-state index contributed by atoms with van der Waals surface area (Å²) in [4.78, 5) is 60.3. The fraction of sp³-hybridized carbons (Fsp3) is 0.593. The van der Waals surface area contributed by atoms with Gasteiger partial charge in [-0.05, 0) is 160 Å². The lowest BCUT2D eigenvalue weighted by atomic mass is 10.00. The Hall–Kier alpha value is -2.86. The van der Waals surface area contributed by atoms with Crippen LogP contribution in [0, 0.1) is 0 Å². The smallest absolute Gasteiger partial charge is 0.340 e. The van der Waals surface area contributed by atoms with Gasteiger partial charge in [-0.1, -0.05) is 56.7 Å². The molecule has 0 spiro atoms. The average molecular weight is 1550 g/mol. The van der Waals surface area contributed by atoms with Gasteiger partial charge in [0.25, 0.3) is 11.7 Å². The predicted molar refractivity (Wildman–Crippen MR) is 370 cm³/mol. The molecule has 3 aliphatic heterocycles. The van der Waals surface area contributed by atoms with E-state index in [1.54, 1.807) is 24.3 Å². The van der Waals surface area contributed by atoms with Gasteiger partial charge in [0.15, 0.2) is 5.90 Å². The number of aliphatic hydroxyl groups is 8. The Balaban J connectivity index is 0.000000161. The van der Waals surface area contributed by atoms with Gasteiger partial charge in [-0.2, -0.15) is 9.97 Å². The maximum atomic E-state index is 11.9. The third kappa shape index (κ3) is 19.9. The number of aromatic nitrogens is 6. The number of fused-ring (bicyclic) bond motifs is 3. The first-order valence-electron chi connectivity index (χ1n) is 31.3. The number of benzene rings is 3. The average Bonchev–Trinajstić information content (AvgIpc) is 1.40. The first-order valence-corrected chi connectivity index (χ1v) is 43.0. The molecule has 6 heterocycles. The second-order valence-corrected chi connectivity index (χ2v) is 40.6. The van der Waals surface area contributed by atoms with Crippen molar-refractivity contribution >= 4 is 145 Å². The van der Waals surface area contributed by atoms with E-state index in [1.165, 1.54) is 44.9 Å². The van der Waals surface area contributed by atoms with E-state index in [-0.39, 0.29) is 23.8 Å². The van der Waals surface area contributed by atoms with E-state index in [0.29, 0.717) is 51.4 Å². The summed E-state index contributed by atoms with van der Waals surface area (Å²) in [6, 6.07) is 17.7. The van der Waals surface area contributed by atoms with Crippen molar-refractivity contribution in [3.63, 3.8) is 0 Å². The number of nitrogens with zero attached hydrogens (tertiary/aromatic N) is 9. The topological polar surface area (TPSA) is 415 Å². The summed E-state index contributed by atoms with van der Waals surface area (Å²) in [6.07, 6.45) is 3.04. The van der Waals surface area contributed by atoms with Crippen molar-refractivity contribution < 1.29 is 92.5 Å². The Morgan fingerprint density at radius 1 is 0.474 bits per heavy atom. The second kappa shape index (κ2) is 33.3. The Kier molecular flexibility index (Phi) is 26.9. The van der Waals surface area contributed by atoms with Crippen LogP contribution in [0.4, 0.5) is 17.5 Å². The van der Waals surface area contributed by atoms with Crippen LogP contribution in [0.2, 0.25) is 10.6 Å². The van der Waals surface area contributed by atoms with Gasteiger partial charge in [-0.25, -0.2) is 19.9 Å². The molecule has 97 heavy (non-hydrogen) atoms. The van der Waals surface area contributed by atoms with Gasteiger partial charge in [0.2, 0.25) is 10.6 Å². The zero-order valence-electron chi connectivity index (χ0n) is 52.7. The maximum absolute atomic E-state index is 11.9. The quantitative estimate of drug-likeness (QED) is 0.0282. The number of ether oxygens (including phenoxy) is 3. The molecular weight excluding hydrogens is 1480 g/mol. The molecule has 3 saturated heterocycles. The van der Waals surface area contributed by atoms with Crippen LogP contribution in [0.3, 0.4) is 0 Å². The minimum Gasteiger partial charge on any atom is -0.394 e. The lowest BCUT2D eigenvalue weighted by Crippen LogP contribution is -2.33. The fourth-order valence-corrected chi connectivity index (χ4v) is 25.0. The predicted octanol–water partition coefficient (Wildman–Crippen LogP) is 9.42. The molecule has 3 saturated carbocycles. The SMILES string of the molecule is CN(c1nc(Cl)nc2cc([C@@H]3O[C@H](CO)[C@@H](O)[C@H]3O)ccc12)C1CCCC1.CN(c1nc(Cl)nc2cc([C@@H]3O[C@H](CO)[C@@H](O)[C@H]3O)ccc12)C1CCCC1.CN(c1ncnc2cc([C@@H]3O[C@H](COP(=O)(O)CP(=O)(O)O)[C@@H](O)[C@H]3O)ccc12)C1CCCC1.O=P(Cl)(Cl)CP(=O)(Cl)Cl. The highest BCUT2D eigenvalue weighted by Crippen LogP contribution is 2.72. The molecular formula is C59H79Cl6N9O19P4. The molecule has 3 aromatic carbocycles. The van der Waals surface area contributed by atoms with Crippen molar-refractivity contribution in [3.05, 3.63) is 88.2 Å². The van der Waals surface area contributed by atoms with Crippen LogP contribution < -0.4 is 14.7 Å². The Labute approximate surface area is 588 Å². The summed E-state index contributed by atoms with van der Waals surface area (Å²) in [6.45, 7) is -1.34. The molecule has 1 unspecified atom stereocenters. The highest BCUT2D eigenvalue weighted by Gasteiger charge is 2.47. The van der Waals surface area contributed by atoms with Crippen molar-refractivity contribution in [1.29, 1.82) is 0 Å². The lowest BCUT2D eigenvalue weighted by Gasteiger charge is -2.26. The van der Waals surface area contributed by atoms with Gasteiger partial charge in [0, 0.05) is 55.4 Å². The molecule has 6 aliphatic rings. The molecule has 12 rings (SSSR count). The molecule has 0 amide bonds. The van der Waals surface area contributed by atoms with Crippen LogP contribution in [0.5, 0.6) is 0 Å². The van der Waals surface area contributed by atoms with E-state index < -0.39 is 119 Å². The second-order valence-electron chi connectivity index (χ2n) is 24.9. The number of hydrogen-bond acceptors (Lipinski definition) is 25. The summed E-state index contributed by atoms with van der Waals surface area (Å²) >= 11 is 32.4. The lowest BCUT2D eigenvalue weighted by molar-refractivity contribution is -0.0227. The van der Waals surface area contributed by atoms with Crippen molar-refractivity contribution in [1.82, 2.24) is 29.9 Å². The molecule has 11 N–H and O–H groups in total. The van der Waals surface area contributed by atoms with Crippen LogP contribution in [-0.2, 0) is 37.0 Å². The fourth-order valence-electron chi connectivity index (χ4n) is 13.2. The van der Waals surface area contributed by atoms with Crippen molar-refractivity contribution in [3.8, 4) is 0 Å². The van der Waals surface area contributed by atoms with Crippen LogP contribution in [0.15, 0.2) is 60.9 Å². The van der Waals surface area contributed by atoms with E-state index in [0.717, 1.165) is 72.1 Å². The van der Waals surface area contributed by atoms with Crippen LogP contribution in [0.1, 0.15) is 112 Å². The van der Waals surface area contributed by atoms with Gasteiger partial charge >= 0.3 is 15.2 Å². The summed E-state index contributed by atoms with van der Waals surface area (Å²) < 4.78 is 65.4. The molecule has 38 heteroatoms. The van der Waals surface area contributed by atoms with E-state index in [1.807, 2.05) is 51.5 Å². The number of halogens is 6. The van der Waals surface area contributed by atoms with E-state index in [4.69, 9.17) is 96.7 Å². The van der Waals surface area contributed by atoms with Crippen molar-refractivity contribution in [2.75, 3.05) is 67.5 Å². The van der Waals surface area contributed by atoms with E-state index in [9.17, 15) is 64.0 Å². The normalized spacial score (nSPS) is 27.1. The maximum Gasteiger partial charge on any atom is 0.340 e. The van der Waals surface area contributed by atoms with Crippen LogP contribution in [-0.4, -0.2) is 211 Å². The van der Waals surface area contributed by atoms with E-state index in [2.05, 4.69) is 44.6 Å². The Morgan fingerprint density at radius 3 is 1.15 bits per heavy atom. The van der Waals surface area contributed by atoms with Crippen LogP contribution >= 0.6 is 95.1 Å². The molecule has 3 aromatic heterocycles. The van der Waals surface area contributed by atoms with Gasteiger partial charge in [0.05, 0.1) is 36.4 Å². The minimum absolute atomic E-state index is 0.167. The number of hydrogen-bond donors (Lipinski definition) is 11. The van der Waals surface area contributed by atoms with Crippen molar-refractivity contribution in [2.24, 2.45) is 0 Å². The molecule has 536 valence electrons. The number of aliphatic hydroxyl groups excluding tert-OH is 8. The molecule has 6 aromatic rings. The van der Waals surface area contributed by atoms with Crippen molar-refractivity contribution in [2.45, 2.75) is 168 Å².